The van der Waals surface area contributed by atoms with Crippen molar-refractivity contribution >= 4 is 23.2 Å². The van der Waals surface area contributed by atoms with Gasteiger partial charge in [-0.3, -0.25) is 0 Å². The van der Waals surface area contributed by atoms with Crippen LogP contribution >= 0.6 is 23.2 Å². The van der Waals surface area contributed by atoms with Crippen LogP contribution in [0.25, 0.3) is 0 Å². The number of phenolic OH excluding ortho intramolecular Hbond substituents is 1. The summed E-state index contributed by atoms with van der Waals surface area (Å²) in [6, 6.07) is 3.38. The van der Waals surface area contributed by atoms with Crippen molar-refractivity contribution in [3.05, 3.63) is 40.4 Å². The van der Waals surface area contributed by atoms with Gasteiger partial charge in [-0.25, -0.2) is 0 Å². The molecule has 0 spiro atoms. The molecule has 1 aromatic rings. The molecule has 0 aromatic heterocycles. The Kier molecular flexibility index (Phi) is 3.01. The Balaban J connectivity index is 3.16. The summed E-state index contributed by atoms with van der Waals surface area (Å²) in [5.41, 5.74) is 0.827. The Morgan fingerprint density at radius 2 is 2.08 bits per heavy atom. The Hall–Kier alpha value is -0.660. The molecule has 0 bridgehead atoms. The third-order valence-corrected chi connectivity index (χ3v) is 2.24. The molecule has 0 aliphatic heterocycles. The predicted octanol–water partition coefficient (Wildman–Crippen LogP) is 3.43. The van der Waals surface area contributed by atoms with Crippen molar-refractivity contribution in [3.63, 3.8) is 0 Å². The molecule has 1 rings (SSSR count). The van der Waals surface area contributed by atoms with Crippen LogP contribution in [0.5, 0.6) is 5.75 Å². The minimum absolute atomic E-state index is 0.0577. The zero-order chi connectivity index (χ0) is 9.14. The van der Waals surface area contributed by atoms with Crippen LogP contribution in [0.2, 0.25) is 10.0 Å². The second-order valence-corrected chi connectivity index (χ2v) is 3.15. The number of allylic oxidation sites excluding steroid dienone is 1. The van der Waals surface area contributed by atoms with E-state index in [1.807, 2.05) is 0 Å². The van der Waals surface area contributed by atoms with Crippen molar-refractivity contribution in [1.82, 2.24) is 0 Å². The summed E-state index contributed by atoms with van der Waals surface area (Å²) in [7, 11) is 0. The van der Waals surface area contributed by atoms with Crippen LogP contribution in [0.4, 0.5) is 0 Å². The summed E-state index contributed by atoms with van der Waals surface area (Å²) in [6.07, 6.45) is 2.35. The number of hydrogen-bond acceptors (Lipinski definition) is 1. The van der Waals surface area contributed by atoms with E-state index in [4.69, 9.17) is 23.2 Å². The quantitative estimate of drug-likeness (QED) is 0.730. The first-order chi connectivity index (χ1) is 5.66. The number of aromatic hydroxyl groups is 1. The Bertz CT molecular complexity index is 308. The topological polar surface area (TPSA) is 20.2 Å². The standard InChI is InChI=1S/C9H8Cl2O/c1-2-3-6-4-5-7(10)9(12)8(6)11/h2,4-5,12H,1,3H2. The zero-order valence-electron chi connectivity index (χ0n) is 6.35. The van der Waals surface area contributed by atoms with Crippen LogP contribution in [0.3, 0.4) is 0 Å². The SMILES string of the molecule is C=CCc1ccc(Cl)c(O)c1Cl. The van der Waals surface area contributed by atoms with Crippen LogP contribution in [0.1, 0.15) is 5.56 Å². The molecule has 0 fully saturated rings. The van der Waals surface area contributed by atoms with Crippen molar-refractivity contribution in [2.45, 2.75) is 6.42 Å². The van der Waals surface area contributed by atoms with Gasteiger partial charge in [0, 0.05) is 0 Å². The van der Waals surface area contributed by atoms with Crippen LogP contribution in [0, 0.1) is 0 Å². The molecule has 0 amide bonds. The van der Waals surface area contributed by atoms with E-state index in [1.165, 1.54) is 0 Å². The minimum Gasteiger partial charge on any atom is -0.505 e. The molecule has 64 valence electrons. The number of hydrogen-bond donors (Lipinski definition) is 1. The first-order valence-corrected chi connectivity index (χ1v) is 4.19. The molecule has 0 saturated carbocycles. The Morgan fingerprint density at radius 3 is 2.67 bits per heavy atom. The number of rotatable bonds is 2. The molecule has 1 nitrogen and oxygen atoms in total. The summed E-state index contributed by atoms with van der Waals surface area (Å²) in [5.74, 6) is -0.0577. The maximum atomic E-state index is 9.32. The molecule has 0 heterocycles. The van der Waals surface area contributed by atoms with Gasteiger partial charge in [0.25, 0.3) is 0 Å². The van der Waals surface area contributed by atoms with Gasteiger partial charge in [-0.05, 0) is 18.1 Å². The van der Waals surface area contributed by atoms with E-state index in [0.717, 1.165) is 5.56 Å². The minimum atomic E-state index is -0.0577. The second kappa shape index (κ2) is 3.83. The summed E-state index contributed by atoms with van der Waals surface area (Å²) >= 11 is 11.4. The van der Waals surface area contributed by atoms with E-state index < -0.39 is 0 Å². The zero-order valence-corrected chi connectivity index (χ0v) is 7.86. The molecule has 3 heteroatoms. The van der Waals surface area contributed by atoms with Crippen molar-refractivity contribution in [2.75, 3.05) is 0 Å². The average Bonchev–Trinajstić information content (AvgIpc) is 2.07. The van der Waals surface area contributed by atoms with Crippen molar-refractivity contribution in [3.8, 4) is 5.75 Å². The van der Waals surface area contributed by atoms with Crippen molar-refractivity contribution < 1.29 is 5.11 Å². The molecule has 0 atom stereocenters. The largest absolute Gasteiger partial charge is 0.505 e. The van der Waals surface area contributed by atoms with Crippen LogP contribution in [-0.4, -0.2) is 5.11 Å². The third kappa shape index (κ3) is 1.74. The molecule has 0 radical (unpaired) electrons. The summed E-state index contributed by atoms with van der Waals surface area (Å²) in [4.78, 5) is 0. The van der Waals surface area contributed by atoms with Gasteiger partial charge < -0.3 is 5.11 Å². The summed E-state index contributed by atoms with van der Waals surface area (Å²) in [5, 5.41) is 9.89. The maximum absolute atomic E-state index is 9.32. The number of phenols is 1. The highest BCUT2D eigenvalue weighted by Crippen LogP contribution is 2.34. The molecule has 0 aliphatic rings. The van der Waals surface area contributed by atoms with E-state index >= 15 is 0 Å². The molecule has 0 unspecified atom stereocenters. The van der Waals surface area contributed by atoms with Crippen molar-refractivity contribution in [1.29, 1.82) is 0 Å². The molecule has 0 saturated heterocycles. The average molecular weight is 203 g/mol. The van der Waals surface area contributed by atoms with Gasteiger partial charge in [-0.15, -0.1) is 6.58 Å². The predicted molar refractivity (Wildman–Crippen MR) is 52.0 cm³/mol. The molecular weight excluding hydrogens is 195 g/mol. The molecule has 1 aromatic carbocycles. The number of halogens is 2. The molecule has 12 heavy (non-hydrogen) atoms. The lowest BCUT2D eigenvalue weighted by Gasteiger charge is -2.04. The second-order valence-electron chi connectivity index (χ2n) is 2.36. The molecule has 1 N–H and O–H groups in total. The Labute approximate surface area is 81.2 Å². The number of benzene rings is 1. The van der Waals surface area contributed by atoms with Gasteiger partial charge in [0.05, 0.1) is 10.0 Å². The summed E-state index contributed by atoms with van der Waals surface area (Å²) < 4.78 is 0. The lowest BCUT2D eigenvalue weighted by molar-refractivity contribution is 0.475. The van der Waals surface area contributed by atoms with Gasteiger partial charge in [0.1, 0.15) is 0 Å². The normalized spacial score (nSPS) is 9.83. The lowest BCUT2D eigenvalue weighted by atomic mass is 10.1. The van der Waals surface area contributed by atoms with E-state index in [9.17, 15) is 5.11 Å². The van der Waals surface area contributed by atoms with Gasteiger partial charge >= 0.3 is 0 Å². The first kappa shape index (κ1) is 9.43. The summed E-state index contributed by atoms with van der Waals surface area (Å²) in [6.45, 7) is 3.58. The van der Waals surface area contributed by atoms with Crippen LogP contribution in [-0.2, 0) is 6.42 Å². The van der Waals surface area contributed by atoms with Crippen LogP contribution in [0.15, 0.2) is 24.8 Å². The first-order valence-electron chi connectivity index (χ1n) is 3.43. The van der Waals surface area contributed by atoms with Gasteiger partial charge in [-0.1, -0.05) is 35.3 Å². The third-order valence-electron chi connectivity index (χ3n) is 1.51. The van der Waals surface area contributed by atoms with E-state index in [2.05, 4.69) is 6.58 Å². The van der Waals surface area contributed by atoms with Crippen molar-refractivity contribution in [2.24, 2.45) is 0 Å². The highest BCUT2D eigenvalue weighted by Gasteiger charge is 2.07. The Morgan fingerprint density at radius 1 is 1.42 bits per heavy atom. The van der Waals surface area contributed by atoms with Crippen LogP contribution < -0.4 is 0 Å². The maximum Gasteiger partial charge on any atom is 0.153 e. The highest BCUT2D eigenvalue weighted by molar-refractivity contribution is 6.37. The van der Waals surface area contributed by atoms with Gasteiger partial charge in [0.2, 0.25) is 0 Å². The fourth-order valence-electron chi connectivity index (χ4n) is 0.896. The lowest BCUT2D eigenvalue weighted by Crippen LogP contribution is -1.83. The van der Waals surface area contributed by atoms with Gasteiger partial charge in [-0.2, -0.15) is 0 Å². The van der Waals surface area contributed by atoms with E-state index in [1.54, 1.807) is 18.2 Å². The fourth-order valence-corrected chi connectivity index (χ4v) is 1.34. The fraction of sp³-hybridized carbons (Fsp3) is 0.111. The van der Waals surface area contributed by atoms with E-state index in [0.29, 0.717) is 11.4 Å². The highest BCUT2D eigenvalue weighted by atomic mass is 35.5. The van der Waals surface area contributed by atoms with E-state index in [-0.39, 0.29) is 10.8 Å². The molecular formula is C9H8Cl2O. The molecule has 0 aliphatic carbocycles. The smallest absolute Gasteiger partial charge is 0.153 e. The van der Waals surface area contributed by atoms with Gasteiger partial charge in [0.15, 0.2) is 5.75 Å². The monoisotopic (exact) mass is 202 g/mol.